The second kappa shape index (κ2) is 12.2. The Morgan fingerprint density at radius 2 is 2.00 bits per heavy atom. The Kier molecular flexibility index (Phi) is 9.59. The van der Waals surface area contributed by atoms with E-state index in [4.69, 9.17) is 11.5 Å². The van der Waals surface area contributed by atoms with Crippen LogP contribution in [0.1, 0.15) is 46.2 Å². The van der Waals surface area contributed by atoms with Gasteiger partial charge in [-0.2, -0.15) is 0 Å². The van der Waals surface area contributed by atoms with E-state index < -0.39 is 0 Å². The van der Waals surface area contributed by atoms with Crippen LogP contribution in [0, 0.1) is 6.92 Å². The Morgan fingerprint density at radius 3 is 2.71 bits per heavy atom. The number of fused-ring (bicyclic) bond motifs is 1. The van der Waals surface area contributed by atoms with E-state index in [1.165, 1.54) is 0 Å². The number of anilines is 2. The van der Waals surface area contributed by atoms with Crippen LogP contribution in [0.2, 0.25) is 0 Å². The second-order valence-electron chi connectivity index (χ2n) is 8.01. The molecule has 0 aliphatic rings. The predicted molar refractivity (Wildman–Crippen MR) is 134 cm³/mol. The number of rotatable bonds is 11. The lowest BCUT2D eigenvalue weighted by atomic mass is 10.1. The summed E-state index contributed by atoms with van der Waals surface area (Å²) in [6, 6.07) is 8.13. The first kappa shape index (κ1) is 24.5. The Balaban J connectivity index is 1.82. The molecule has 7 nitrogen and oxygen atoms in total. The Morgan fingerprint density at radius 1 is 1.26 bits per heavy atom. The van der Waals surface area contributed by atoms with E-state index in [1.54, 1.807) is 0 Å². The standard InChI is InChI=1S/C24H39N7/c1-6-31(7-2)14-8-9-17(3)29-24(26)30-18(4)12-13-27-20-10-11-23-21(16-20)22(25)15-19(5)28-23/h10-12,15-17,27H,6-9,13-14H2,1-5H3,(H2,25,28)(H3,26,29,30)/b18-12-. The molecule has 31 heavy (non-hydrogen) atoms. The molecule has 0 saturated carbocycles. The fraction of sp³-hybridized carbons (Fsp3) is 0.500. The quantitative estimate of drug-likeness (QED) is 0.322. The van der Waals surface area contributed by atoms with Gasteiger partial charge in [-0.3, -0.25) is 9.98 Å². The van der Waals surface area contributed by atoms with Crippen molar-refractivity contribution in [3.05, 3.63) is 41.7 Å². The van der Waals surface area contributed by atoms with Crippen LogP contribution in [0.3, 0.4) is 0 Å². The molecular formula is C24H39N7. The molecule has 1 heterocycles. The minimum absolute atomic E-state index is 0.203. The second-order valence-corrected chi connectivity index (χ2v) is 8.01. The van der Waals surface area contributed by atoms with Crippen molar-refractivity contribution in [1.82, 2.24) is 15.2 Å². The summed E-state index contributed by atoms with van der Waals surface area (Å²) in [4.78, 5) is 11.5. The van der Waals surface area contributed by atoms with E-state index >= 15 is 0 Å². The normalized spacial score (nSPS) is 13.6. The number of nitrogen functional groups attached to an aromatic ring is 1. The van der Waals surface area contributed by atoms with Crippen molar-refractivity contribution in [3.63, 3.8) is 0 Å². The summed E-state index contributed by atoms with van der Waals surface area (Å²) < 4.78 is 0. The van der Waals surface area contributed by atoms with Gasteiger partial charge in [-0.15, -0.1) is 0 Å². The van der Waals surface area contributed by atoms with Gasteiger partial charge in [0.1, 0.15) is 0 Å². The molecule has 2 aromatic rings. The van der Waals surface area contributed by atoms with Crippen LogP contribution in [0.5, 0.6) is 0 Å². The number of benzene rings is 1. The van der Waals surface area contributed by atoms with Crippen LogP contribution in [0.25, 0.3) is 10.9 Å². The number of hydrogen-bond acceptors (Lipinski definition) is 5. The van der Waals surface area contributed by atoms with Crippen LogP contribution in [-0.4, -0.2) is 48.1 Å². The van der Waals surface area contributed by atoms with Gasteiger partial charge in [0.25, 0.3) is 0 Å². The lowest BCUT2D eigenvalue weighted by Crippen LogP contribution is -2.32. The number of nitrogens with zero attached hydrogens (tertiary/aromatic N) is 3. The molecule has 170 valence electrons. The number of aryl methyl sites for hydroxylation is 1. The molecule has 1 aromatic heterocycles. The number of nitrogens with one attached hydrogen (secondary N) is 2. The molecule has 0 aliphatic heterocycles. The molecule has 0 spiro atoms. The van der Waals surface area contributed by atoms with E-state index in [0.29, 0.717) is 12.5 Å². The third kappa shape index (κ3) is 8.09. The van der Waals surface area contributed by atoms with E-state index in [1.807, 2.05) is 44.2 Å². The van der Waals surface area contributed by atoms with E-state index in [-0.39, 0.29) is 6.04 Å². The molecule has 0 fully saturated rings. The van der Waals surface area contributed by atoms with Crippen molar-refractivity contribution in [3.8, 4) is 0 Å². The number of guanidine groups is 1. The van der Waals surface area contributed by atoms with Gasteiger partial charge in [-0.1, -0.05) is 13.8 Å². The Hall–Kier alpha value is -2.80. The monoisotopic (exact) mass is 425 g/mol. The SMILES string of the molecule is CCN(CC)CCCC(C)N=C(N)N/C(C)=C\CNc1ccc2nc(C)cc(N)c2c1. The number of pyridine rings is 1. The van der Waals surface area contributed by atoms with Gasteiger partial charge in [0.15, 0.2) is 5.96 Å². The smallest absolute Gasteiger partial charge is 0.193 e. The maximum absolute atomic E-state index is 6.14. The zero-order chi connectivity index (χ0) is 22.8. The van der Waals surface area contributed by atoms with Gasteiger partial charge in [0.05, 0.1) is 11.6 Å². The lowest BCUT2D eigenvalue weighted by Gasteiger charge is -2.18. The fourth-order valence-corrected chi connectivity index (χ4v) is 3.56. The van der Waals surface area contributed by atoms with Gasteiger partial charge in [-0.05, 0) is 83.6 Å². The summed E-state index contributed by atoms with van der Waals surface area (Å²) in [5.41, 5.74) is 16.8. The van der Waals surface area contributed by atoms with Crippen molar-refractivity contribution in [2.75, 3.05) is 37.2 Å². The molecule has 0 aliphatic carbocycles. The molecule has 0 radical (unpaired) electrons. The van der Waals surface area contributed by atoms with Crippen LogP contribution >= 0.6 is 0 Å². The summed E-state index contributed by atoms with van der Waals surface area (Å²) in [6.07, 6.45) is 4.21. The van der Waals surface area contributed by atoms with E-state index in [2.05, 4.69) is 46.3 Å². The van der Waals surface area contributed by atoms with Crippen molar-refractivity contribution in [2.45, 2.75) is 53.5 Å². The van der Waals surface area contributed by atoms with Crippen molar-refractivity contribution < 1.29 is 0 Å². The number of nitrogens with two attached hydrogens (primary N) is 2. The molecular weight excluding hydrogens is 386 g/mol. The first-order chi connectivity index (χ1) is 14.8. The third-order valence-corrected chi connectivity index (χ3v) is 5.36. The molecule has 0 saturated heterocycles. The van der Waals surface area contributed by atoms with E-state index in [9.17, 15) is 0 Å². The highest BCUT2D eigenvalue weighted by Crippen LogP contribution is 2.23. The van der Waals surface area contributed by atoms with Gasteiger partial charge >= 0.3 is 0 Å². The highest BCUT2D eigenvalue weighted by atomic mass is 15.1. The third-order valence-electron chi connectivity index (χ3n) is 5.36. The van der Waals surface area contributed by atoms with Crippen LogP contribution in [-0.2, 0) is 0 Å². The summed E-state index contributed by atoms with van der Waals surface area (Å²) in [5, 5.41) is 7.52. The summed E-state index contributed by atoms with van der Waals surface area (Å²) in [7, 11) is 0. The molecule has 7 heteroatoms. The van der Waals surface area contributed by atoms with Crippen LogP contribution in [0.4, 0.5) is 11.4 Å². The molecule has 1 unspecified atom stereocenters. The van der Waals surface area contributed by atoms with Gasteiger partial charge in [-0.25, -0.2) is 0 Å². The molecule has 1 aromatic carbocycles. The number of aliphatic imine (C=N–C) groups is 1. The van der Waals surface area contributed by atoms with Gasteiger partial charge < -0.3 is 27.0 Å². The van der Waals surface area contributed by atoms with Crippen LogP contribution < -0.4 is 22.1 Å². The van der Waals surface area contributed by atoms with E-state index in [0.717, 1.165) is 66.1 Å². The maximum atomic E-state index is 6.14. The van der Waals surface area contributed by atoms with Crippen LogP contribution in [0.15, 0.2) is 41.0 Å². The molecule has 2 rings (SSSR count). The fourth-order valence-electron chi connectivity index (χ4n) is 3.56. The minimum Gasteiger partial charge on any atom is -0.398 e. The largest absolute Gasteiger partial charge is 0.398 e. The average Bonchev–Trinajstić information content (AvgIpc) is 2.71. The average molecular weight is 426 g/mol. The zero-order valence-electron chi connectivity index (χ0n) is 19.7. The van der Waals surface area contributed by atoms with Gasteiger partial charge in [0.2, 0.25) is 0 Å². The highest BCUT2D eigenvalue weighted by molar-refractivity contribution is 5.92. The van der Waals surface area contributed by atoms with Crippen molar-refractivity contribution in [1.29, 1.82) is 0 Å². The number of allylic oxidation sites excluding steroid dienone is 1. The Bertz CT molecular complexity index is 900. The molecule has 0 amide bonds. The maximum Gasteiger partial charge on any atom is 0.193 e. The summed E-state index contributed by atoms with van der Waals surface area (Å²) in [6.45, 7) is 14.4. The summed E-state index contributed by atoms with van der Waals surface area (Å²) in [5.74, 6) is 0.462. The Labute approximate surface area is 187 Å². The predicted octanol–water partition coefficient (Wildman–Crippen LogP) is 3.86. The first-order valence-corrected chi connectivity index (χ1v) is 11.2. The zero-order valence-corrected chi connectivity index (χ0v) is 19.7. The van der Waals surface area contributed by atoms with Crippen molar-refractivity contribution >= 4 is 28.2 Å². The molecule has 6 N–H and O–H groups in total. The topological polar surface area (TPSA) is 105 Å². The molecule has 1 atom stereocenters. The number of hydrogen-bond donors (Lipinski definition) is 4. The molecule has 0 bridgehead atoms. The minimum atomic E-state index is 0.203. The summed E-state index contributed by atoms with van der Waals surface area (Å²) >= 11 is 0. The lowest BCUT2D eigenvalue weighted by molar-refractivity contribution is 0.294. The van der Waals surface area contributed by atoms with Crippen molar-refractivity contribution in [2.24, 2.45) is 10.7 Å². The van der Waals surface area contributed by atoms with Gasteiger partial charge in [0, 0.05) is 34.7 Å². The highest BCUT2D eigenvalue weighted by Gasteiger charge is 2.05. The number of aromatic nitrogens is 1. The first-order valence-electron chi connectivity index (χ1n) is 11.2.